The maximum absolute atomic E-state index is 12.6. The van der Waals surface area contributed by atoms with Crippen LogP contribution in [-0.2, 0) is 6.42 Å². The average Bonchev–Trinajstić information content (AvgIpc) is 2.72. The number of aromatic nitrogens is 1. The van der Waals surface area contributed by atoms with Gasteiger partial charge in [0.2, 0.25) is 5.88 Å². The van der Waals surface area contributed by atoms with E-state index in [1.807, 2.05) is 12.1 Å². The standard InChI is InChI=1S/C21H23F3N2O3/c22-21(23,24)14-29-19-8-5-17(13-25-19)20(28)26-11-9-16(10-12-26)2-1-15-3-6-18(27)7-4-15/h3-8,13,16,27H,1-2,9-12,14H2. The Labute approximate surface area is 167 Å². The number of piperidine rings is 1. The van der Waals surface area contributed by atoms with Crippen molar-refractivity contribution in [3.8, 4) is 11.6 Å². The van der Waals surface area contributed by atoms with Gasteiger partial charge in [-0.05, 0) is 55.4 Å². The van der Waals surface area contributed by atoms with E-state index in [4.69, 9.17) is 0 Å². The molecule has 1 aliphatic heterocycles. The predicted molar refractivity (Wildman–Crippen MR) is 101 cm³/mol. The molecule has 156 valence electrons. The lowest BCUT2D eigenvalue weighted by Crippen LogP contribution is -2.38. The summed E-state index contributed by atoms with van der Waals surface area (Å²) in [6, 6.07) is 9.93. The number of alkyl halides is 3. The quantitative estimate of drug-likeness (QED) is 0.778. The Morgan fingerprint density at radius 3 is 2.41 bits per heavy atom. The number of phenols is 1. The molecule has 0 bridgehead atoms. The maximum atomic E-state index is 12.6. The molecule has 0 radical (unpaired) electrons. The summed E-state index contributed by atoms with van der Waals surface area (Å²) in [7, 11) is 0. The normalized spacial score (nSPS) is 15.3. The molecule has 1 aromatic carbocycles. The van der Waals surface area contributed by atoms with Crippen LogP contribution in [0.25, 0.3) is 0 Å². The topological polar surface area (TPSA) is 62.7 Å². The molecule has 2 aromatic rings. The molecule has 1 fully saturated rings. The van der Waals surface area contributed by atoms with Crippen molar-refractivity contribution in [1.29, 1.82) is 0 Å². The molecule has 0 atom stereocenters. The largest absolute Gasteiger partial charge is 0.508 e. The van der Waals surface area contributed by atoms with E-state index in [1.54, 1.807) is 17.0 Å². The molecule has 0 saturated carbocycles. The zero-order valence-corrected chi connectivity index (χ0v) is 15.9. The monoisotopic (exact) mass is 408 g/mol. The van der Waals surface area contributed by atoms with Crippen LogP contribution in [0.3, 0.4) is 0 Å². The number of halogens is 3. The molecule has 5 nitrogen and oxygen atoms in total. The smallest absolute Gasteiger partial charge is 0.422 e. The lowest BCUT2D eigenvalue weighted by Gasteiger charge is -2.32. The number of amides is 1. The summed E-state index contributed by atoms with van der Waals surface area (Å²) in [4.78, 5) is 18.1. The summed E-state index contributed by atoms with van der Waals surface area (Å²) in [6.45, 7) is -0.123. The van der Waals surface area contributed by atoms with Crippen LogP contribution in [0.1, 0.15) is 35.2 Å². The van der Waals surface area contributed by atoms with Crippen LogP contribution in [0.2, 0.25) is 0 Å². The van der Waals surface area contributed by atoms with Gasteiger partial charge in [0.05, 0.1) is 5.56 Å². The van der Waals surface area contributed by atoms with Crippen LogP contribution in [0.5, 0.6) is 11.6 Å². The third kappa shape index (κ3) is 6.37. The van der Waals surface area contributed by atoms with Gasteiger partial charge in [-0.15, -0.1) is 0 Å². The Morgan fingerprint density at radius 1 is 1.14 bits per heavy atom. The first-order valence-corrected chi connectivity index (χ1v) is 9.53. The number of hydrogen-bond acceptors (Lipinski definition) is 4. The first kappa shape index (κ1) is 21.0. The average molecular weight is 408 g/mol. The number of ether oxygens (including phenoxy) is 1. The van der Waals surface area contributed by atoms with Crippen LogP contribution in [0, 0.1) is 5.92 Å². The van der Waals surface area contributed by atoms with E-state index in [9.17, 15) is 23.1 Å². The number of aromatic hydroxyl groups is 1. The number of carbonyl (C=O) groups is 1. The summed E-state index contributed by atoms with van der Waals surface area (Å²) in [6.07, 6.45) is 0.601. The van der Waals surface area contributed by atoms with E-state index in [1.165, 1.54) is 23.9 Å². The van der Waals surface area contributed by atoms with Crippen molar-refractivity contribution in [2.45, 2.75) is 31.9 Å². The van der Waals surface area contributed by atoms with Crippen LogP contribution >= 0.6 is 0 Å². The van der Waals surface area contributed by atoms with Gasteiger partial charge in [-0.3, -0.25) is 4.79 Å². The second kappa shape index (κ2) is 9.15. The third-order valence-electron chi connectivity index (χ3n) is 5.05. The SMILES string of the molecule is O=C(c1ccc(OCC(F)(F)F)nc1)N1CCC(CCc2ccc(O)cc2)CC1. The maximum Gasteiger partial charge on any atom is 0.422 e. The number of pyridine rings is 1. The van der Waals surface area contributed by atoms with Crippen LogP contribution in [-0.4, -0.2) is 46.8 Å². The van der Waals surface area contributed by atoms with Crippen LogP contribution in [0.15, 0.2) is 42.6 Å². The molecular weight excluding hydrogens is 385 g/mol. The van der Waals surface area contributed by atoms with E-state index in [0.717, 1.165) is 25.7 Å². The van der Waals surface area contributed by atoms with Crippen molar-refractivity contribution in [2.75, 3.05) is 19.7 Å². The second-order valence-electron chi connectivity index (χ2n) is 7.23. The fourth-order valence-corrected chi connectivity index (χ4v) is 3.39. The van der Waals surface area contributed by atoms with Crippen molar-refractivity contribution < 1.29 is 27.8 Å². The van der Waals surface area contributed by atoms with Crippen LogP contribution in [0.4, 0.5) is 13.2 Å². The molecule has 0 unspecified atom stereocenters. The van der Waals surface area contributed by atoms with E-state index in [2.05, 4.69) is 9.72 Å². The van der Waals surface area contributed by atoms with Gasteiger partial charge in [-0.25, -0.2) is 4.98 Å². The number of carbonyl (C=O) groups excluding carboxylic acids is 1. The van der Waals surface area contributed by atoms with Gasteiger partial charge in [-0.1, -0.05) is 12.1 Å². The Hall–Kier alpha value is -2.77. The first-order valence-electron chi connectivity index (χ1n) is 9.53. The van der Waals surface area contributed by atoms with Crippen molar-refractivity contribution in [3.05, 3.63) is 53.7 Å². The first-order chi connectivity index (χ1) is 13.8. The molecular formula is C21H23F3N2O3. The molecule has 2 heterocycles. The molecule has 29 heavy (non-hydrogen) atoms. The molecule has 8 heteroatoms. The van der Waals surface area contributed by atoms with Gasteiger partial charge < -0.3 is 14.7 Å². The number of benzene rings is 1. The Kier molecular flexibility index (Phi) is 6.61. The number of rotatable bonds is 6. The van der Waals surface area contributed by atoms with Crippen molar-refractivity contribution in [3.63, 3.8) is 0 Å². The second-order valence-corrected chi connectivity index (χ2v) is 7.23. The van der Waals surface area contributed by atoms with E-state index in [-0.39, 0.29) is 17.5 Å². The Balaban J connectivity index is 1.45. The molecule has 1 N–H and O–H groups in total. The lowest BCUT2D eigenvalue weighted by atomic mass is 9.90. The summed E-state index contributed by atoms with van der Waals surface area (Å²) in [5.41, 5.74) is 1.52. The zero-order chi connectivity index (χ0) is 20.9. The molecule has 0 aliphatic carbocycles. The summed E-state index contributed by atoms with van der Waals surface area (Å²) < 4.78 is 41.1. The van der Waals surface area contributed by atoms with E-state index in [0.29, 0.717) is 24.6 Å². The van der Waals surface area contributed by atoms with Gasteiger partial charge in [0.15, 0.2) is 6.61 Å². The zero-order valence-electron chi connectivity index (χ0n) is 15.9. The lowest BCUT2D eigenvalue weighted by molar-refractivity contribution is -0.154. The van der Waals surface area contributed by atoms with Gasteiger partial charge in [-0.2, -0.15) is 13.2 Å². The fourth-order valence-electron chi connectivity index (χ4n) is 3.39. The molecule has 1 aromatic heterocycles. The minimum absolute atomic E-state index is 0.160. The minimum atomic E-state index is -4.43. The summed E-state index contributed by atoms with van der Waals surface area (Å²) in [5.74, 6) is 0.461. The van der Waals surface area contributed by atoms with Crippen molar-refractivity contribution in [2.24, 2.45) is 5.92 Å². The molecule has 1 amide bonds. The van der Waals surface area contributed by atoms with Crippen molar-refractivity contribution >= 4 is 5.91 Å². The number of nitrogens with zero attached hydrogens (tertiary/aromatic N) is 2. The highest BCUT2D eigenvalue weighted by atomic mass is 19.4. The van der Waals surface area contributed by atoms with Gasteiger partial charge in [0.25, 0.3) is 5.91 Å². The fraction of sp³-hybridized carbons (Fsp3) is 0.429. The number of likely N-dealkylation sites (tertiary alicyclic amines) is 1. The molecule has 0 spiro atoms. The van der Waals surface area contributed by atoms with Gasteiger partial charge in [0, 0.05) is 25.4 Å². The molecule has 1 aliphatic rings. The summed E-state index contributed by atoms with van der Waals surface area (Å²) >= 11 is 0. The molecule has 3 rings (SSSR count). The van der Waals surface area contributed by atoms with Gasteiger partial charge in [0.1, 0.15) is 5.75 Å². The third-order valence-corrected chi connectivity index (χ3v) is 5.05. The summed E-state index contributed by atoms with van der Waals surface area (Å²) in [5, 5.41) is 9.33. The number of phenolic OH excluding ortho intramolecular Hbond substituents is 1. The predicted octanol–water partition coefficient (Wildman–Crippen LogP) is 4.21. The molecule has 1 saturated heterocycles. The van der Waals surface area contributed by atoms with Crippen molar-refractivity contribution in [1.82, 2.24) is 9.88 Å². The Bertz CT molecular complexity index is 799. The van der Waals surface area contributed by atoms with E-state index < -0.39 is 12.8 Å². The minimum Gasteiger partial charge on any atom is -0.508 e. The number of aryl methyl sites for hydroxylation is 1. The van der Waals surface area contributed by atoms with E-state index >= 15 is 0 Å². The Morgan fingerprint density at radius 2 is 1.83 bits per heavy atom. The highest BCUT2D eigenvalue weighted by molar-refractivity contribution is 5.94. The van der Waals surface area contributed by atoms with Gasteiger partial charge >= 0.3 is 6.18 Å². The van der Waals surface area contributed by atoms with Crippen LogP contribution < -0.4 is 4.74 Å². The highest BCUT2D eigenvalue weighted by Crippen LogP contribution is 2.24. The number of hydrogen-bond donors (Lipinski definition) is 1. The highest BCUT2D eigenvalue weighted by Gasteiger charge is 2.29.